The molecule has 148 valence electrons. The number of fused-ring (bicyclic) bond motifs is 1. The molecular formula is C21H27N5O2. The van der Waals surface area contributed by atoms with E-state index in [1.165, 1.54) is 0 Å². The summed E-state index contributed by atoms with van der Waals surface area (Å²) in [5.74, 6) is 0.631. The molecule has 2 aromatic rings. The highest BCUT2D eigenvalue weighted by atomic mass is 16.2. The van der Waals surface area contributed by atoms with Crippen LogP contribution in [-0.4, -0.2) is 34.9 Å². The van der Waals surface area contributed by atoms with Gasteiger partial charge < -0.3 is 15.5 Å². The number of nitrogens with one attached hydrogen (secondary N) is 2. The van der Waals surface area contributed by atoms with Gasteiger partial charge in [-0.3, -0.25) is 14.6 Å². The Morgan fingerprint density at radius 2 is 1.96 bits per heavy atom. The number of carbonyl (C=O) groups excluding carboxylic acids is 2. The average molecular weight is 381 g/mol. The van der Waals surface area contributed by atoms with Crippen molar-refractivity contribution in [2.24, 2.45) is 5.92 Å². The summed E-state index contributed by atoms with van der Waals surface area (Å²) >= 11 is 0. The lowest BCUT2D eigenvalue weighted by Crippen LogP contribution is -2.49. The van der Waals surface area contributed by atoms with Gasteiger partial charge in [-0.15, -0.1) is 0 Å². The predicted molar refractivity (Wildman–Crippen MR) is 109 cm³/mol. The summed E-state index contributed by atoms with van der Waals surface area (Å²) in [6.07, 6.45) is 4.26. The van der Waals surface area contributed by atoms with Crippen molar-refractivity contribution >= 4 is 23.3 Å². The van der Waals surface area contributed by atoms with Gasteiger partial charge in [0.15, 0.2) is 0 Å². The highest BCUT2D eigenvalue weighted by Gasteiger charge is 2.40. The SMILES string of the molecule is CCC1C(C)C(Nc2cnc(C)cn2)c2cc(C(=O)NC)ccc2N1C(C)=O. The normalized spacial score (nSPS) is 21.0. The van der Waals surface area contributed by atoms with Crippen LogP contribution in [0.1, 0.15) is 54.8 Å². The molecule has 1 aliphatic heterocycles. The van der Waals surface area contributed by atoms with Gasteiger partial charge in [0.05, 0.1) is 24.1 Å². The monoisotopic (exact) mass is 381 g/mol. The highest BCUT2D eigenvalue weighted by Crippen LogP contribution is 2.43. The minimum absolute atomic E-state index is 0.00113. The third-order valence-corrected chi connectivity index (χ3v) is 5.42. The zero-order valence-electron chi connectivity index (χ0n) is 17.0. The number of rotatable bonds is 4. The Morgan fingerprint density at radius 1 is 1.21 bits per heavy atom. The van der Waals surface area contributed by atoms with Crippen LogP contribution < -0.4 is 15.5 Å². The van der Waals surface area contributed by atoms with Crippen molar-refractivity contribution < 1.29 is 9.59 Å². The number of benzene rings is 1. The van der Waals surface area contributed by atoms with E-state index < -0.39 is 0 Å². The summed E-state index contributed by atoms with van der Waals surface area (Å²) in [6, 6.07) is 5.44. The number of hydrogen-bond donors (Lipinski definition) is 2. The van der Waals surface area contributed by atoms with E-state index in [4.69, 9.17) is 0 Å². The van der Waals surface area contributed by atoms with Crippen LogP contribution in [-0.2, 0) is 4.79 Å². The minimum atomic E-state index is -0.156. The number of carbonyl (C=O) groups is 2. The lowest BCUT2D eigenvalue weighted by Gasteiger charge is -2.45. The number of hydrogen-bond acceptors (Lipinski definition) is 5. The lowest BCUT2D eigenvalue weighted by molar-refractivity contribution is -0.117. The molecule has 0 saturated heterocycles. The van der Waals surface area contributed by atoms with E-state index in [-0.39, 0.29) is 29.8 Å². The van der Waals surface area contributed by atoms with Crippen molar-refractivity contribution in [3.8, 4) is 0 Å². The Balaban J connectivity index is 2.12. The van der Waals surface area contributed by atoms with E-state index in [9.17, 15) is 9.59 Å². The second-order valence-corrected chi connectivity index (χ2v) is 7.24. The molecule has 0 aliphatic carbocycles. The fourth-order valence-corrected chi connectivity index (χ4v) is 4.02. The molecule has 3 atom stereocenters. The van der Waals surface area contributed by atoms with Gasteiger partial charge in [-0.2, -0.15) is 0 Å². The van der Waals surface area contributed by atoms with Crippen LogP contribution in [0.5, 0.6) is 0 Å². The van der Waals surface area contributed by atoms with E-state index in [0.29, 0.717) is 11.4 Å². The van der Waals surface area contributed by atoms with Gasteiger partial charge in [0.1, 0.15) is 5.82 Å². The van der Waals surface area contributed by atoms with E-state index >= 15 is 0 Å². The molecule has 0 spiro atoms. The first-order valence-corrected chi connectivity index (χ1v) is 9.58. The van der Waals surface area contributed by atoms with E-state index in [1.807, 2.05) is 24.0 Å². The third-order valence-electron chi connectivity index (χ3n) is 5.42. The molecule has 3 unspecified atom stereocenters. The van der Waals surface area contributed by atoms with Gasteiger partial charge >= 0.3 is 0 Å². The second kappa shape index (κ2) is 7.96. The Hall–Kier alpha value is -2.96. The van der Waals surface area contributed by atoms with Gasteiger partial charge in [0.25, 0.3) is 5.91 Å². The molecule has 2 amide bonds. The molecule has 7 nitrogen and oxygen atoms in total. The van der Waals surface area contributed by atoms with Crippen LogP contribution in [0.3, 0.4) is 0 Å². The molecule has 1 aliphatic rings. The summed E-state index contributed by atoms with van der Waals surface area (Å²) in [5.41, 5.74) is 3.16. The Morgan fingerprint density at radius 3 is 2.54 bits per heavy atom. The van der Waals surface area contributed by atoms with Crippen molar-refractivity contribution in [2.45, 2.75) is 46.2 Å². The minimum Gasteiger partial charge on any atom is -0.362 e. The maximum Gasteiger partial charge on any atom is 0.251 e. The topological polar surface area (TPSA) is 87.2 Å². The summed E-state index contributed by atoms with van der Waals surface area (Å²) in [4.78, 5) is 35.2. The van der Waals surface area contributed by atoms with Crippen molar-refractivity contribution in [1.29, 1.82) is 0 Å². The Bertz CT molecular complexity index is 881. The predicted octanol–water partition coefficient (Wildman–Crippen LogP) is 3.08. The maximum atomic E-state index is 12.5. The summed E-state index contributed by atoms with van der Waals surface area (Å²) in [6.45, 7) is 7.69. The molecule has 0 radical (unpaired) electrons. The Kier molecular flexibility index (Phi) is 5.63. The van der Waals surface area contributed by atoms with Gasteiger partial charge in [-0.05, 0) is 37.1 Å². The number of anilines is 2. The quantitative estimate of drug-likeness (QED) is 0.850. The summed E-state index contributed by atoms with van der Waals surface area (Å²) in [7, 11) is 1.61. The first-order chi connectivity index (χ1) is 13.4. The van der Waals surface area contributed by atoms with Gasteiger partial charge in [0, 0.05) is 37.2 Å². The van der Waals surface area contributed by atoms with Crippen LogP contribution in [0.2, 0.25) is 0 Å². The molecule has 3 rings (SSSR count). The number of nitrogens with zero attached hydrogens (tertiary/aromatic N) is 3. The molecule has 1 aromatic heterocycles. The van der Waals surface area contributed by atoms with Gasteiger partial charge in [0.2, 0.25) is 5.91 Å². The van der Waals surface area contributed by atoms with Crippen LogP contribution in [0.25, 0.3) is 0 Å². The van der Waals surface area contributed by atoms with Crippen molar-refractivity contribution in [1.82, 2.24) is 15.3 Å². The van der Waals surface area contributed by atoms with Crippen molar-refractivity contribution in [2.75, 3.05) is 17.3 Å². The summed E-state index contributed by atoms with van der Waals surface area (Å²) in [5, 5.41) is 6.14. The van der Waals surface area contributed by atoms with E-state index in [2.05, 4.69) is 34.4 Å². The lowest BCUT2D eigenvalue weighted by atomic mass is 9.80. The number of aromatic nitrogens is 2. The fraction of sp³-hybridized carbons (Fsp3) is 0.429. The molecule has 7 heteroatoms. The molecular weight excluding hydrogens is 354 g/mol. The number of amides is 2. The van der Waals surface area contributed by atoms with E-state index in [1.54, 1.807) is 32.4 Å². The Labute approximate surface area is 165 Å². The second-order valence-electron chi connectivity index (χ2n) is 7.24. The first kappa shape index (κ1) is 19.8. The fourth-order valence-electron chi connectivity index (χ4n) is 4.02. The smallest absolute Gasteiger partial charge is 0.251 e. The largest absolute Gasteiger partial charge is 0.362 e. The number of aryl methyl sites for hydroxylation is 1. The van der Waals surface area contributed by atoms with Gasteiger partial charge in [-0.25, -0.2) is 4.98 Å². The van der Waals surface area contributed by atoms with Crippen molar-refractivity contribution in [3.63, 3.8) is 0 Å². The molecule has 0 bridgehead atoms. The third kappa shape index (κ3) is 3.56. The van der Waals surface area contributed by atoms with Crippen LogP contribution in [0, 0.1) is 12.8 Å². The zero-order valence-corrected chi connectivity index (χ0v) is 17.0. The molecule has 0 fully saturated rings. The molecule has 1 aromatic carbocycles. The maximum absolute atomic E-state index is 12.5. The zero-order chi connectivity index (χ0) is 20.4. The first-order valence-electron chi connectivity index (χ1n) is 9.58. The average Bonchev–Trinajstić information content (AvgIpc) is 2.69. The van der Waals surface area contributed by atoms with E-state index in [0.717, 1.165) is 23.4 Å². The molecule has 2 heterocycles. The molecule has 28 heavy (non-hydrogen) atoms. The molecule has 0 saturated carbocycles. The highest BCUT2D eigenvalue weighted by molar-refractivity contribution is 5.97. The van der Waals surface area contributed by atoms with Crippen LogP contribution in [0.4, 0.5) is 11.5 Å². The van der Waals surface area contributed by atoms with Gasteiger partial charge in [-0.1, -0.05) is 13.8 Å². The summed E-state index contributed by atoms with van der Waals surface area (Å²) < 4.78 is 0. The molecule has 2 N–H and O–H groups in total. The van der Waals surface area contributed by atoms with Crippen LogP contribution in [0.15, 0.2) is 30.6 Å². The van der Waals surface area contributed by atoms with Crippen molar-refractivity contribution in [3.05, 3.63) is 47.4 Å². The standard InChI is InChI=1S/C21H27N5O2/c1-6-17-13(3)20(25-19-11-23-12(2)10-24-19)16-9-15(21(28)22-5)7-8-18(16)26(17)14(4)27/h7-11,13,17,20H,6H2,1-5H3,(H,22,28)(H,24,25). The van der Waals surface area contributed by atoms with Crippen LogP contribution >= 0.6 is 0 Å².